The minimum atomic E-state index is -0.0508. The van der Waals surface area contributed by atoms with Crippen molar-refractivity contribution in [3.05, 3.63) is 53.7 Å². The molecule has 8 heteroatoms. The van der Waals surface area contributed by atoms with Crippen LogP contribution in [0, 0.1) is 13.8 Å². The first-order chi connectivity index (χ1) is 13.6. The van der Waals surface area contributed by atoms with Gasteiger partial charge in [-0.15, -0.1) is 0 Å². The SMILES string of the molecule is Cc1cc(N2CCN(C(=O)c3oc4ccccc4c3C)CC2)n2ncnc2n1. The Morgan fingerprint density at radius 2 is 1.89 bits per heavy atom. The van der Waals surface area contributed by atoms with E-state index in [0.29, 0.717) is 37.7 Å². The number of carbonyl (C=O) groups excluding carboxylic acids is 1. The van der Waals surface area contributed by atoms with Gasteiger partial charge in [-0.25, -0.2) is 4.98 Å². The predicted octanol–water partition coefficient (Wildman–Crippen LogP) is 2.45. The van der Waals surface area contributed by atoms with Gasteiger partial charge in [-0.3, -0.25) is 4.79 Å². The van der Waals surface area contributed by atoms with Crippen LogP contribution < -0.4 is 4.90 Å². The Hall–Kier alpha value is -3.42. The molecule has 0 unspecified atom stereocenters. The number of piperazine rings is 1. The highest BCUT2D eigenvalue weighted by molar-refractivity contribution is 5.99. The summed E-state index contributed by atoms with van der Waals surface area (Å²) in [5.74, 6) is 1.93. The quantitative estimate of drug-likeness (QED) is 0.535. The lowest BCUT2D eigenvalue weighted by Gasteiger charge is -2.35. The largest absolute Gasteiger partial charge is 0.451 e. The molecule has 1 aliphatic rings. The van der Waals surface area contributed by atoms with Crippen molar-refractivity contribution in [2.24, 2.45) is 0 Å². The second kappa shape index (κ2) is 6.33. The Kier molecular flexibility index (Phi) is 3.78. The number of para-hydroxylation sites is 1. The molecule has 4 aromatic rings. The van der Waals surface area contributed by atoms with E-state index >= 15 is 0 Å². The number of amides is 1. The maximum absolute atomic E-state index is 13.0. The molecular weight excluding hydrogens is 356 g/mol. The van der Waals surface area contributed by atoms with Gasteiger partial charge in [0.15, 0.2) is 5.76 Å². The number of furan rings is 1. The minimum Gasteiger partial charge on any atom is -0.451 e. The van der Waals surface area contributed by atoms with Crippen molar-refractivity contribution in [1.82, 2.24) is 24.5 Å². The lowest BCUT2D eigenvalue weighted by molar-refractivity contribution is 0.0715. The summed E-state index contributed by atoms with van der Waals surface area (Å²) in [5, 5.41) is 5.27. The Morgan fingerprint density at radius 3 is 2.68 bits per heavy atom. The van der Waals surface area contributed by atoms with E-state index in [1.165, 1.54) is 6.33 Å². The molecule has 0 aliphatic carbocycles. The molecule has 0 atom stereocenters. The number of carbonyl (C=O) groups is 1. The van der Waals surface area contributed by atoms with Gasteiger partial charge in [-0.2, -0.15) is 14.6 Å². The molecule has 1 fully saturated rings. The number of rotatable bonds is 2. The number of anilines is 1. The molecule has 0 spiro atoms. The van der Waals surface area contributed by atoms with E-state index in [1.54, 1.807) is 4.52 Å². The molecule has 0 bridgehead atoms. The average Bonchev–Trinajstić information content (AvgIpc) is 3.32. The van der Waals surface area contributed by atoms with Crippen molar-refractivity contribution >= 4 is 28.5 Å². The van der Waals surface area contributed by atoms with E-state index in [4.69, 9.17) is 4.42 Å². The van der Waals surface area contributed by atoms with E-state index < -0.39 is 0 Å². The summed E-state index contributed by atoms with van der Waals surface area (Å²) in [6, 6.07) is 9.76. The first kappa shape index (κ1) is 16.7. The lowest BCUT2D eigenvalue weighted by atomic mass is 10.1. The molecule has 1 aromatic carbocycles. The summed E-state index contributed by atoms with van der Waals surface area (Å²) in [4.78, 5) is 25.7. The number of aromatic nitrogens is 4. The van der Waals surface area contributed by atoms with Gasteiger partial charge >= 0.3 is 0 Å². The Balaban J connectivity index is 1.37. The molecule has 4 heterocycles. The van der Waals surface area contributed by atoms with E-state index in [9.17, 15) is 4.79 Å². The summed E-state index contributed by atoms with van der Waals surface area (Å²) in [7, 11) is 0. The van der Waals surface area contributed by atoms with Crippen LogP contribution in [0.3, 0.4) is 0 Å². The maximum atomic E-state index is 13.0. The first-order valence-corrected chi connectivity index (χ1v) is 9.31. The summed E-state index contributed by atoms with van der Waals surface area (Å²) in [5.41, 5.74) is 2.55. The van der Waals surface area contributed by atoms with Gasteiger partial charge in [0.05, 0.1) is 0 Å². The summed E-state index contributed by atoms with van der Waals surface area (Å²) < 4.78 is 7.60. The second-order valence-corrected chi connectivity index (χ2v) is 7.06. The normalized spacial score (nSPS) is 14.9. The minimum absolute atomic E-state index is 0.0508. The number of fused-ring (bicyclic) bond motifs is 2. The molecule has 0 radical (unpaired) electrons. The third-order valence-electron chi connectivity index (χ3n) is 5.29. The van der Waals surface area contributed by atoms with Gasteiger partial charge in [0, 0.05) is 48.9 Å². The van der Waals surface area contributed by atoms with Crippen molar-refractivity contribution < 1.29 is 9.21 Å². The number of nitrogens with zero attached hydrogens (tertiary/aromatic N) is 6. The fourth-order valence-corrected chi connectivity index (χ4v) is 3.80. The molecule has 0 N–H and O–H groups in total. The van der Waals surface area contributed by atoms with E-state index in [0.717, 1.165) is 28.0 Å². The van der Waals surface area contributed by atoms with E-state index in [1.807, 2.05) is 49.1 Å². The molecule has 0 saturated carbocycles. The van der Waals surface area contributed by atoms with Gasteiger partial charge in [-0.05, 0) is 19.9 Å². The topological polar surface area (TPSA) is 79.8 Å². The van der Waals surface area contributed by atoms with Gasteiger partial charge in [0.25, 0.3) is 11.7 Å². The standard InChI is InChI=1S/C20H20N6O2/c1-13-11-17(26-20(23-13)21-12-22-26)24-7-9-25(10-8-24)19(27)18-14(2)15-5-3-4-6-16(15)28-18/h3-6,11-12H,7-10H2,1-2H3. The summed E-state index contributed by atoms with van der Waals surface area (Å²) in [6.07, 6.45) is 1.51. The number of hydrogen-bond donors (Lipinski definition) is 0. The lowest BCUT2D eigenvalue weighted by Crippen LogP contribution is -2.49. The molecule has 28 heavy (non-hydrogen) atoms. The highest BCUT2D eigenvalue weighted by Crippen LogP contribution is 2.26. The van der Waals surface area contributed by atoms with Crippen LogP contribution in [0.25, 0.3) is 16.7 Å². The number of benzene rings is 1. The smallest absolute Gasteiger partial charge is 0.290 e. The average molecular weight is 376 g/mol. The summed E-state index contributed by atoms with van der Waals surface area (Å²) in [6.45, 7) is 6.55. The number of hydrogen-bond acceptors (Lipinski definition) is 6. The van der Waals surface area contributed by atoms with Gasteiger partial charge in [-0.1, -0.05) is 18.2 Å². The van der Waals surface area contributed by atoms with Crippen LogP contribution in [-0.4, -0.2) is 56.6 Å². The maximum Gasteiger partial charge on any atom is 0.290 e. The van der Waals surface area contributed by atoms with Crippen LogP contribution in [-0.2, 0) is 0 Å². The van der Waals surface area contributed by atoms with Crippen LogP contribution in [0.15, 0.2) is 41.1 Å². The highest BCUT2D eigenvalue weighted by atomic mass is 16.3. The Morgan fingerprint density at radius 1 is 1.11 bits per heavy atom. The van der Waals surface area contributed by atoms with Crippen LogP contribution in [0.5, 0.6) is 0 Å². The van der Waals surface area contributed by atoms with Crippen LogP contribution >= 0.6 is 0 Å². The van der Waals surface area contributed by atoms with Crippen LogP contribution in [0.2, 0.25) is 0 Å². The van der Waals surface area contributed by atoms with Crippen molar-refractivity contribution in [1.29, 1.82) is 0 Å². The van der Waals surface area contributed by atoms with Crippen molar-refractivity contribution in [3.8, 4) is 0 Å². The fourth-order valence-electron chi connectivity index (χ4n) is 3.80. The Labute approximate surface area is 161 Å². The van der Waals surface area contributed by atoms with Gasteiger partial charge < -0.3 is 14.2 Å². The van der Waals surface area contributed by atoms with Crippen molar-refractivity contribution in [2.45, 2.75) is 13.8 Å². The van der Waals surface area contributed by atoms with E-state index in [2.05, 4.69) is 20.0 Å². The molecule has 1 amide bonds. The van der Waals surface area contributed by atoms with Gasteiger partial charge in [0.1, 0.15) is 17.7 Å². The molecule has 3 aromatic heterocycles. The monoisotopic (exact) mass is 376 g/mol. The predicted molar refractivity (Wildman–Crippen MR) is 105 cm³/mol. The molecule has 1 saturated heterocycles. The molecule has 142 valence electrons. The molecule has 8 nitrogen and oxygen atoms in total. The number of aryl methyl sites for hydroxylation is 2. The van der Waals surface area contributed by atoms with Crippen molar-refractivity contribution in [2.75, 3.05) is 31.1 Å². The van der Waals surface area contributed by atoms with E-state index in [-0.39, 0.29) is 5.91 Å². The third kappa shape index (κ3) is 2.60. The van der Waals surface area contributed by atoms with Crippen molar-refractivity contribution in [3.63, 3.8) is 0 Å². The molecule has 1 aliphatic heterocycles. The first-order valence-electron chi connectivity index (χ1n) is 9.31. The summed E-state index contributed by atoms with van der Waals surface area (Å²) >= 11 is 0. The second-order valence-electron chi connectivity index (χ2n) is 7.06. The van der Waals surface area contributed by atoms with Crippen LogP contribution in [0.1, 0.15) is 21.8 Å². The third-order valence-corrected chi connectivity index (χ3v) is 5.29. The zero-order chi connectivity index (χ0) is 19.3. The zero-order valence-corrected chi connectivity index (χ0v) is 15.8. The molecule has 5 rings (SSSR count). The fraction of sp³-hybridized carbons (Fsp3) is 0.300. The Bertz CT molecular complexity index is 1190. The van der Waals surface area contributed by atoms with Crippen LogP contribution in [0.4, 0.5) is 5.82 Å². The zero-order valence-electron chi connectivity index (χ0n) is 15.8. The van der Waals surface area contributed by atoms with Gasteiger partial charge in [0.2, 0.25) is 0 Å². The molecular formula is C20H20N6O2. The highest BCUT2D eigenvalue weighted by Gasteiger charge is 2.27.